The summed E-state index contributed by atoms with van der Waals surface area (Å²) >= 11 is 0. The second-order valence-corrected chi connectivity index (χ2v) is 5.61. The smallest absolute Gasteiger partial charge is 0.304 e. The number of hydrogen-bond acceptors (Lipinski definition) is 4. The summed E-state index contributed by atoms with van der Waals surface area (Å²) in [6.45, 7) is 4.53. The molecule has 1 N–H and O–H groups in total. The lowest BCUT2D eigenvalue weighted by Gasteiger charge is -2.30. The predicted molar refractivity (Wildman–Crippen MR) is 78.2 cm³/mol. The third-order valence-corrected chi connectivity index (χ3v) is 4.24. The summed E-state index contributed by atoms with van der Waals surface area (Å²) in [5.74, 6) is -0.797. The fourth-order valence-corrected chi connectivity index (χ4v) is 3.06. The number of nitro groups is 1. The number of likely N-dealkylation sites (tertiary alicyclic amines) is 1. The van der Waals surface area contributed by atoms with E-state index in [-0.39, 0.29) is 29.1 Å². The molecule has 0 bridgehead atoms. The molecular formula is C15H20N2O4. The van der Waals surface area contributed by atoms with Crippen molar-refractivity contribution in [2.45, 2.75) is 45.2 Å². The zero-order valence-corrected chi connectivity index (χ0v) is 12.3. The Labute approximate surface area is 123 Å². The molecule has 21 heavy (non-hydrogen) atoms. The zero-order valence-electron chi connectivity index (χ0n) is 12.3. The second kappa shape index (κ2) is 6.22. The molecule has 2 atom stereocenters. The van der Waals surface area contributed by atoms with Gasteiger partial charge in [0.25, 0.3) is 5.69 Å². The summed E-state index contributed by atoms with van der Waals surface area (Å²) in [6, 6.07) is 5.25. The van der Waals surface area contributed by atoms with Crippen LogP contribution in [0.4, 0.5) is 5.69 Å². The van der Waals surface area contributed by atoms with Gasteiger partial charge in [0.05, 0.1) is 11.3 Å². The Morgan fingerprint density at radius 2 is 2.29 bits per heavy atom. The van der Waals surface area contributed by atoms with Gasteiger partial charge in [0, 0.05) is 23.7 Å². The van der Waals surface area contributed by atoms with Crippen LogP contribution in [0.3, 0.4) is 0 Å². The Kier molecular flexibility index (Phi) is 4.57. The Balaban J connectivity index is 2.23. The molecule has 6 nitrogen and oxygen atoms in total. The van der Waals surface area contributed by atoms with Gasteiger partial charge >= 0.3 is 5.97 Å². The van der Waals surface area contributed by atoms with Crippen LogP contribution in [0.25, 0.3) is 0 Å². The van der Waals surface area contributed by atoms with Crippen molar-refractivity contribution in [3.05, 3.63) is 39.4 Å². The van der Waals surface area contributed by atoms with Crippen molar-refractivity contribution in [1.29, 1.82) is 0 Å². The largest absolute Gasteiger partial charge is 0.481 e. The van der Waals surface area contributed by atoms with Crippen molar-refractivity contribution >= 4 is 11.7 Å². The molecular weight excluding hydrogens is 272 g/mol. The van der Waals surface area contributed by atoms with Crippen LogP contribution >= 0.6 is 0 Å². The minimum atomic E-state index is -0.797. The van der Waals surface area contributed by atoms with Crippen LogP contribution in [0.1, 0.15) is 43.4 Å². The van der Waals surface area contributed by atoms with Gasteiger partial charge in [0.1, 0.15) is 0 Å². The summed E-state index contributed by atoms with van der Waals surface area (Å²) in [6.07, 6.45) is 1.96. The van der Waals surface area contributed by atoms with Crippen molar-refractivity contribution in [2.24, 2.45) is 0 Å². The molecule has 0 aliphatic carbocycles. The Morgan fingerprint density at radius 3 is 2.90 bits per heavy atom. The average Bonchev–Trinajstić information content (AvgIpc) is 2.85. The first-order valence-electron chi connectivity index (χ1n) is 7.12. The van der Waals surface area contributed by atoms with Crippen molar-refractivity contribution in [2.75, 3.05) is 6.54 Å². The van der Waals surface area contributed by atoms with E-state index >= 15 is 0 Å². The molecule has 1 aromatic carbocycles. The Bertz CT molecular complexity index is 559. The van der Waals surface area contributed by atoms with Crippen molar-refractivity contribution < 1.29 is 14.8 Å². The van der Waals surface area contributed by atoms with Gasteiger partial charge in [-0.3, -0.25) is 19.8 Å². The molecule has 0 spiro atoms. The number of aliphatic carboxylic acids is 1. The molecule has 6 heteroatoms. The maximum atomic E-state index is 11.0. The number of rotatable bonds is 5. The summed E-state index contributed by atoms with van der Waals surface area (Å²) < 4.78 is 0. The lowest BCUT2D eigenvalue weighted by molar-refractivity contribution is -0.385. The number of carboxylic acid groups (broad SMARTS) is 1. The minimum absolute atomic E-state index is 0.0119. The van der Waals surface area contributed by atoms with Gasteiger partial charge in [-0.2, -0.15) is 0 Å². The van der Waals surface area contributed by atoms with Crippen LogP contribution < -0.4 is 0 Å². The van der Waals surface area contributed by atoms with Gasteiger partial charge in [-0.25, -0.2) is 0 Å². The monoisotopic (exact) mass is 292 g/mol. The fraction of sp³-hybridized carbons (Fsp3) is 0.533. The topological polar surface area (TPSA) is 83.7 Å². The van der Waals surface area contributed by atoms with Crippen LogP contribution in [0, 0.1) is 17.0 Å². The first kappa shape index (κ1) is 15.4. The molecule has 0 amide bonds. The number of nitro benzene ring substituents is 1. The highest BCUT2D eigenvalue weighted by atomic mass is 16.6. The summed E-state index contributed by atoms with van der Waals surface area (Å²) in [4.78, 5) is 23.7. The molecule has 1 aliphatic rings. The summed E-state index contributed by atoms with van der Waals surface area (Å²) in [5, 5.41) is 20.0. The highest BCUT2D eigenvalue weighted by molar-refractivity contribution is 5.67. The number of aryl methyl sites for hydroxylation is 1. The van der Waals surface area contributed by atoms with Crippen LogP contribution in [-0.2, 0) is 4.79 Å². The van der Waals surface area contributed by atoms with Crippen LogP contribution in [0.15, 0.2) is 18.2 Å². The van der Waals surface area contributed by atoms with Crippen molar-refractivity contribution in [3.8, 4) is 0 Å². The predicted octanol–water partition coefficient (Wildman–Crippen LogP) is 2.90. The van der Waals surface area contributed by atoms with Gasteiger partial charge in [0.15, 0.2) is 0 Å². The summed E-state index contributed by atoms with van der Waals surface area (Å²) in [5.41, 5.74) is 1.62. The normalized spacial score (nSPS) is 20.4. The maximum Gasteiger partial charge on any atom is 0.304 e. The first-order valence-corrected chi connectivity index (χ1v) is 7.12. The van der Waals surface area contributed by atoms with E-state index in [0.717, 1.165) is 24.9 Å². The molecule has 1 heterocycles. The molecule has 0 aromatic heterocycles. The zero-order chi connectivity index (χ0) is 15.6. The highest BCUT2D eigenvalue weighted by Crippen LogP contribution is 2.32. The standard InChI is InChI=1S/C15H20N2O4/c1-10-5-6-12(8-14(10)17(20)21)11(2)16-7-3-4-13(16)9-15(18)19/h5-6,8,11,13H,3-4,7,9H2,1-2H3,(H,18,19). The van der Waals surface area contributed by atoms with Crippen LogP contribution in [0.5, 0.6) is 0 Å². The van der Waals surface area contributed by atoms with E-state index in [1.54, 1.807) is 19.1 Å². The molecule has 1 saturated heterocycles. The van der Waals surface area contributed by atoms with E-state index in [2.05, 4.69) is 4.90 Å². The average molecular weight is 292 g/mol. The minimum Gasteiger partial charge on any atom is -0.481 e. The van der Waals surface area contributed by atoms with E-state index in [1.807, 2.05) is 13.0 Å². The molecule has 1 fully saturated rings. The quantitative estimate of drug-likeness (QED) is 0.666. The number of carboxylic acids is 1. The fourth-order valence-electron chi connectivity index (χ4n) is 3.06. The SMILES string of the molecule is Cc1ccc(C(C)N2CCCC2CC(=O)O)cc1[N+](=O)[O-]. The van der Waals surface area contributed by atoms with Gasteiger partial charge in [0.2, 0.25) is 0 Å². The maximum absolute atomic E-state index is 11.0. The third kappa shape index (κ3) is 3.39. The summed E-state index contributed by atoms with van der Waals surface area (Å²) in [7, 11) is 0. The van der Waals surface area contributed by atoms with Crippen molar-refractivity contribution in [1.82, 2.24) is 4.90 Å². The Morgan fingerprint density at radius 1 is 1.57 bits per heavy atom. The second-order valence-electron chi connectivity index (χ2n) is 5.61. The van der Waals surface area contributed by atoms with E-state index in [9.17, 15) is 14.9 Å². The molecule has 2 rings (SSSR count). The number of carbonyl (C=O) groups is 1. The number of nitrogens with zero attached hydrogens (tertiary/aromatic N) is 2. The van der Waals surface area contributed by atoms with Crippen molar-refractivity contribution in [3.63, 3.8) is 0 Å². The van der Waals surface area contributed by atoms with Gasteiger partial charge in [-0.1, -0.05) is 12.1 Å². The lowest BCUT2D eigenvalue weighted by atomic mass is 10.0. The molecule has 0 radical (unpaired) electrons. The van der Waals surface area contributed by atoms with Crippen LogP contribution in [0.2, 0.25) is 0 Å². The van der Waals surface area contributed by atoms with E-state index in [4.69, 9.17) is 5.11 Å². The van der Waals surface area contributed by atoms with E-state index < -0.39 is 5.97 Å². The van der Waals surface area contributed by atoms with Gasteiger partial charge < -0.3 is 5.11 Å². The van der Waals surface area contributed by atoms with Gasteiger partial charge in [-0.05, 0) is 38.8 Å². The molecule has 114 valence electrons. The lowest BCUT2D eigenvalue weighted by Crippen LogP contribution is -2.33. The number of hydrogen-bond donors (Lipinski definition) is 1. The van der Waals surface area contributed by atoms with E-state index in [0.29, 0.717) is 5.56 Å². The molecule has 1 aliphatic heterocycles. The first-order chi connectivity index (χ1) is 9.90. The highest BCUT2D eigenvalue weighted by Gasteiger charge is 2.31. The van der Waals surface area contributed by atoms with Gasteiger partial charge in [-0.15, -0.1) is 0 Å². The Hall–Kier alpha value is -1.95. The molecule has 0 saturated carbocycles. The third-order valence-electron chi connectivity index (χ3n) is 4.24. The number of benzene rings is 1. The van der Waals surface area contributed by atoms with Crippen LogP contribution in [-0.4, -0.2) is 33.5 Å². The molecule has 1 aromatic rings. The van der Waals surface area contributed by atoms with E-state index in [1.165, 1.54) is 0 Å². The molecule has 2 unspecified atom stereocenters.